The number of carbonyl (C=O) groups is 1. The van der Waals surface area contributed by atoms with Crippen LogP contribution in [0, 0.1) is 20.8 Å². The van der Waals surface area contributed by atoms with Crippen LogP contribution >= 0.6 is 11.3 Å². The summed E-state index contributed by atoms with van der Waals surface area (Å²) in [5.74, 6) is 0.994. The van der Waals surface area contributed by atoms with E-state index in [0.29, 0.717) is 59.6 Å². The molecule has 13 heteroatoms. The van der Waals surface area contributed by atoms with Gasteiger partial charge in [0.2, 0.25) is 11.9 Å². The third kappa shape index (κ3) is 6.14. The zero-order valence-electron chi connectivity index (χ0n) is 22.1. The summed E-state index contributed by atoms with van der Waals surface area (Å²) in [4.78, 5) is 34.8. The van der Waals surface area contributed by atoms with Gasteiger partial charge in [-0.3, -0.25) is 10.1 Å². The first kappa shape index (κ1) is 27.3. The predicted octanol–water partition coefficient (Wildman–Crippen LogP) is 5.59. The number of hydrogen-bond acceptors (Lipinski definition) is 9. The van der Waals surface area contributed by atoms with E-state index in [-0.39, 0.29) is 5.91 Å². The Kier molecular flexibility index (Phi) is 7.57. The molecule has 3 heterocycles. The number of para-hydroxylation sites is 1. The van der Waals surface area contributed by atoms with Crippen LogP contribution in [0.2, 0.25) is 0 Å². The van der Waals surface area contributed by atoms with E-state index in [1.54, 1.807) is 13.0 Å². The zero-order valence-corrected chi connectivity index (χ0v) is 22.9. The number of amides is 1. The first-order valence-electron chi connectivity index (χ1n) is 12.6. The van der Waals surface area contributed by atoms with Crippen LogP contribution < -0.4 is 20.4 Å². The van der Waals surface area contributed by atoms with E-state index in [9.17, 15) is 18.0 Å². The largest absolute Gasteiger partial charge is 0.416 e. The SMILES string of the molecule is Cc1nc(Nc2ncc(C(=O)Nc3c(C)cccc3C)s2)nc(N2CCN(c3cccc(C(F)(F)F)c3)CC2)n1. The molecule has 0 aliphatic carbocycles. The van der Waals surface area contributed by atoms with E-state index in [4.69, 9.17) is 0 Å². The Bertz CT molecular complexity index is 1510. The lowest BCUT2D eigenvalue weighted by molar-refractivity contribution is -0.137. The van der Waals surface area contributed by atoms with Crippen molar-refractivity contribution in [1.82, 2.24) is 19.9 Å². The van der Waals surface area contributed by atoms with Crippen molar-refractivity contribution in [3.63, 3.8) is 0 Å². The number of anilines is 5. The predicted molar refractivity (Wildman–Crippen MR) is 150 cm³/mol. The molecule has 2 aromatic carbocycles. The number of rotatable bonds is 6. The molecule has 2 N–H and O–H groups in total. The van der Waals surface area contributed by atoms with Gasteiger partial charge in [0.1, 0.15) is 10.7 Å². The fourth-order valence-electron chi connectivity index (χ4n) is 4.43. The molecule has 0 saturated carbocycles. The van der Waals surface area contributed by atoms with Crippen molar-refractivity contribution in [3.05, 3.63) is 76.1 Å². The van der Waals surface area contributed by atoms with Gasteiger partial charge >= 0.3 is 6.18 Å². The van der Waals surface area contributed by atoms with E-state index < -0.39 is 11.7 Å². The Hall–Kier alpha value is -4.26. The molecule has 1 amide bonds. The molecule has 1 aliphatic heterocycles. The fourth-order valence-corrected chi connectivity index (χ4v) is 5.13. The molecule has 208 valence electrons. The van der Waals surface area contributed by atoms with Crippen LogP contribution in [0.1, 0.15) is 32.2 Å². The second-order valence-electron chi connectivity index (χ2n) is 9.40. The number of aryl methyl sites for hydroxylation is 3. The highest BCUT2D eigenvalue weighted by Crippen LogP contribution is 2.32. The van der Waals surface area contributed by atoms with Gasteiger partial charge in [0.25, 0.3) is 5.91 Å². The second kappa shape index (κ2) is 11.1. The number of hydrogen-bond donors (Lipinski definition) is 2. The first-order chi connectivity index (χ1) is 19.1. The lowest BCUT2D eigenvalue weighted by Gasteiger charge is -2.36. The number of halogens is 3. The quantitative estimate of drug-likeness (QED) is 0.311. The number of thiazole rings is 1. The fraction of sp³-hybridized carbons (Fsp3) is 0.296. The standard InChI is InChI=1S/C27H27F3N8OS/c1-16-6-4-7-17(2)22(16)34-23(39)21-15-31-26(40-21)36-24-32-18(3)33-25(35-24)38-12-10-37(11-13-38)20-9-5-8-19(14-20)27(28,29)30/h4-9,14-15H,10-13H2,1-3H3,(H,34,39)(H,31,32,33,35,36). The average Bonchev–Trinajstić information content (AvgIpc) is 3.39. The average molecular weight is 569 g/mol. The lowest BCUT2D eigenvalue weighted by atomic mass is 10.1. The zero-order chi connectivity index (χ0) is 28.4. The molecular formula is C27H27F3N8OS. The summed E-state index contributed by atoms with van der Waals surface area (Å²) in [6, 6.07) is 11.2. The van der Waals surface area contributed by atoms with E-state index in [2.05, 4.69) is 30.6 Å². The maximum absolute atomic E-state index is 13.1. The van der Waals surface area contributed by atoms with Crippen molar-refractivity contribution in [2.45, 2.75) is 26.9 Å². The van der Waals surface area contributed by atoms with Gasteiger partial charge in [0, 0.05) is 37.6 Å². The van der Waals surface area contributed by atoms with Crippen molar-refractivity contribution in [2.75, 3.05) is 46.6 Å². The number of carbonyl (C=O) groups excluding carboxylic acids is 1. The summed E-state index contributed by atoms with van der Waals surface area (Å²) in [6.45, 7) is 7.71. The summed E-state index contributed by atoms with van der Waals surface area (Å²) >= 11 is 1.18. The Balaban J connectivity index is 1.24. The van der Waals surface area contributed by atoms with Crippen LogP contribution in [-0.2, 0) is 6.18 Å². The molecule has 0 radical (unpaired) electrons. The molecule has 1 saturated heterocycles. The van der Waals surface area contributed by atoms with Crippen LogP contribution in [0.5, 0.6) is 0 Å². The highest BCUT2D eigenvalue weighted by Gasteiger charge is 2.31. The number of piperazine rings is 1. The minimum Gasteiger partial charge on any atom is -0.368 e. The number of benzene rings is 2. The Morgan fingerprint density at radius 3 is 2.30 bits per heavy atom. The van der Waals surface area contributed by atoms with Crippen molar-refractivity contribution < 1.29 is 18.0 Å². The number of nitrogens with one attached hydrogen (secondary N) is 2. The van der Waals surface area contributed by atoms with Crippen molar-refractivity contribution in [2.24, 2.45) is 0 Å². The van der Waals surface area contributed by atoms with Gasteiger partial charge in [-0.05, 0) is 50.1 Å². The topological polar surface area (TPSA) is 99.2 Å². The van der Waals surface area contributed by atoms with E-state index >= 15 is 0 Å². The highest BCUT2D eigenvalue weighted by atomic mass is 32.1. The van der Waals surface area contributed by atoms with E-state index in [1.165, 1.54) is 29.7 Å². The molecule has 0 bridgehead atoms. The Morgan fingerprint density at radius 2 is 1.60 bits per heavy atom. The summed E-state index contributed by atoms with van der Waals surface area (Å²) in [5.41, 5.74) is 2.59. The third-order valence-electron chi connectivity index (χ3n) is 6.50. The minimum atomic E-state index is -4.38. The molecular weight excluding hydrogens is 541 g/mol. The van der Waals surface area contributed by atoms with Gasteiger partial charge in [0.15, 0.2) is 5.13 Å². The van der Waals surface area contributed by atoms with Crippen LogP contribution in [0.15, 0.2) is 48.7 Å². The van der Waals surface area contributed by atoms with Gasteiger partial charge in [0.05, 0.1) is 11.8 Å². The first-order valence-corrected chi connectivity index (χ1v) is 13.4. The molecule has 0 atom stereocenters. The Morgan fingerprint density at radius 1 is 0.925 bits per heavy atom. The Labute approximate surface area is 233 Å². The normalized spacial score (nSPS) is 13.8. The van der Waals surface area contributed by atoms with Gasteiger partial charge in [-0.1, -0.05) is 35.6 Å². The van der Waals surface area contributed by atoms with E-state index in [0.717, 1.165) is 22.9 Å². The maximum Gasteiger partial charge on any atom is 0.416 e. The summed E-state index contributed by atoms with van der Waals surface area (Å²) < 4.78 is 39.4. The molecule has 4 aromatic rings. The summed E-state index contributed by atoms with van der Waals surface area (Å²) in [5, 5.41) is 6.47. The molecule has 40 heavy (non-hydrogen) atoms. The molecule has 2 aromatic heterocycles. The van der Waals surface area contributed by atoms with Crippen LogP contribution in [-0.4, -0.2) is 52.0 Å². The molecule has 1 aliphatic rings. The van der Waals surface area contributed by atoms with Gasteiger partial charge < -0.3 is 15.1 Å². The van der Waals surface area contributed by atoms with Crippen LogP contribution in [0.25, 0.3) is 0 Å². The maximum atomic E-state index is 13.1. The van der Waals surface area contributed by atoms with Gasteiger partial charge in [-0.2, -0.15) is 28.1 Å². The van der Waals surface area contributed by atoms with Gasteiger partial charge in [-0.15, -0.1) is 0 Å². The molecule has 5 rings (SSSR count). The third-order valence-corrected chi connectivity index (χ3v) is 7.42. The summed E-state index contributed by atoms with van der Waals surface area (Å²) in [7, 11) is 0. The second-order valence-corrected chi connectivity index (χ2v) is 10.4. The molecule has 9 nitrogen and oxygen atoms in total. The monoisotopic (exact) mass is 568 g/mol. The minimum absolute atomic E-state index is 0.255. The molecule has 1 fully saturated rings. The number of aromatic nitrogens is 4. The van der Waals surface area contributed by atoms with E-state index in [1.807, 2.05) is 41.8 Å². The van der Waals surface area contributed by atoms with Crippen molar-refractivity contribution in [3.8, 4) is 0 Å². The van der Waals surface area contributed by atoms with Crippen molar-refractivity contribution in [1.29, 1.82) is 0 Å². The van der Waals surface area contributed by atoms with Crippen LogP contribution in [0.3, 0.4) is 0 Å². The molecule has 0 unspecified atom stereocenters. The lowest BCUT2D eigenvalue weighted by Crippen LogP contribution is -2.47. The van der Waals surface area contributed by atoms with Crippen LogP contribution in [0.4, 0.5) is 41.6 Å². The highest BCUT2D eigenvalue weighted by molar-refractivity contribution is 7.17. The van der Waals surface area contributed by atoms with Gasteiger partial charge in [-0.25, -0.2) is 4.98 Å². The van der Waals surface area contributed by atoms with Crippen molar-refractivity contribution >= 4 is 45.6 Å². The smallest absolute Gasteiger partial charge is 0.368 e. The number of nitrogens with zero attached hydrogens (tertiary/aromatic N) is 6. The number of alkyl halides is 3. The molecule has 0 spiro atoms. The summed E-state index contributed by atoms with van der Waals surface area (Å²) in [6.07, 6.45) is -2.89.